The number of aliphatic imine (C=N–C) groups is 1. The summed E-state index contributed by atoms with van der Waals surface area (Å²) in [6.07, 6.45) is 3.34. The van der Waals surface area contributed by atoms with Crippen LogP contribution in [0.4, 0.5) is 5.82 Å². The molecule has 0 bridgehead atoms. The van der Waals surface area contributed by atoms with Gasteiger partial charge in [0.1, 0.15) is 18.0 Å². The maximum atomic E-state index is 4.30. The van der Waals surface area contributed by atoms with Gasteiger partial charge >= 0.3 is 0 Å². The molecule has 2 aromatic rings. The first-order chi connectivity index (χ1) is 10.6. The van der Waals surface area contributed by atoms with Gasteiger partial charge in [0.2, 0.25) is 0 Å². The van der Waals surface area contributed by atoms with Crippen LogP contribution in [0, 0.1) is 0 Å². The summed E-state index contributed by atoms with van der Waals surface area (Å²) in [7, 11) is 7.55. The molecule has 8 nitrogen and oxygen atoms in total. The number of halogens is 1. The van der Waals surface area contributed by atoms with Crippen molar-refractivity contribution in [1.82, 2.24) is 30.4 Å². The second-order valence-electron chi connectivity index (χ2n) is 5.00. The summed E-state index contributed by atoms with van der Waals surface area (Å²) in [4.78, 5) is 14.6. The van der Waals surface area contributed by atoms with E-state index in [1.54, 1.807) is 11.7 Å². The van der Waals surface area contributed by atoms with Crippen molar-refractivity contribution < 1.29 is 0 Å². The second-order valence-corrected chi connectivity index (χ2v) is 5.00. The van der Waals surface area contributed by atoms with Crippen molar-refractivity contribution in [3.8, 4) is 0 Å². The van der Waals surface area contributed by atoms with Crippen LogP contribution in [0.15, 0.2) is 29.6 Å². The summed E-state index contributed by atoms with van der Waals surface area (Å²) in [6, 6.07) is 4.03. The Morgan fingerprint density at radius 3 is 2.61 bits per heavy atom. The quantitative estimate of drug-likeness (QED) is 0.414. The average Bonchev–Trinajstić information content (AvgIpc) is 2.93. The van der Waals surface area contributed by atoms with E-state index in [1.807, 2.05) is 44.4 Å². The largest absolute Gasteiger partial charge is 0.363 e. The van der Waals surface area contributed by atoms with Crippen LogP contribution in [0.25, 0.3) is 0 Å². The van der Waals surface area contributed by atoms with Gasteiger partial charge in [0.05, 0.1) is 6.54 Å². The fourth-order valence-corrected chi connectivity index (χ4v) is 1.86. The minimum Gasteiger partial charge on any atom is -0.363 e. The van der Waals surface area contributed by atoms with E-state index in [4.69, 9.17) is 0 Å². The molecule has 0 atom stereocenters. The number of nitrogens with zero attached hydrogens (tertiary/aromatic N) is 6. The fraction of sp³-hybridized carbons (Fsp3) is 0.429. The normalized spacial score (nSPS) is 10.9. The monoisotopic (exact) mass is 430 g/mol. The van der Waals surface area contributed by atoms with E-state index in [1.165, 1.54) is 6.33 Å². The zero-order chi connectivity index (χ0) is 15.9. The van der Waals surface area contributed by atoms with E-state index in [-0.39, 0.29) is 24.0 Å². The van der Waals surface area contributed by atoms with Gasteiger partial charge in [-0.2, -0.15) is 5.10 Å². The van der Waals surface area contributed by atoms with E-state index in [2.05, 4.69) is 30.7 Å². The lowest BCUT2D eigenvalue weighted by atomic mass is 10.2. The number of pyridine rings is 1. The van der Waals surface area contributed by atoms with Gasteiger partial charge in [-0.15, -0.1) is 24.0 Å². The summed E-state index contributed by atoms with van der Waals surface area (Å²) in [5.41, 5.74) is 1.14. The lowest BCUT2D eigenvalue weighted by molar-refractivity contribution is 0.672. The highest BCUT2D eigenvalue weighted by molar-refractivity contribution is 14.0. The molecule has 2 N–H and O–H groups in total. The third kappa shape index (κ3) is 5.66. The number of nitrogens with one attached hydrogen (secondary N) is 2. The van der Waals surface area contributed by atoms with Crippen LogP contribution < -0.4 is 15.5 Å². The predicted octanol–water partition coefficient (Wildman–Crippen LogP) is 0.759. The molecule has 0 aliphatic heterocycles. The molecule has 0 spiro atoms. The zero-order valence-corrected chi connectivity index (χ0v) is 16.1. The van der Waals surface area contributed by atoms with E-state index >= 15 is 0 Å². The molecule has 0 amide bonds. The third-order valence-corrected chi connectivity index (χ3v) is 3.17. The molecule has 9 heteroatoms. The predicted molar refractivity (Wildman–Crippen MR) is 102 cm³/mol. The zero-order valence-electron chi connectivity index (χ0n) is 13.8. The van der Waals surface area contributed by atoms with Gasteiger partial charge in [0, 0.05) is 40.9 Å². The topological polar surface area (TPSA) is 83.3 Å². The Kier molecular flexibility index (Phi) is 7.72. The maximum Gasteiger partial charge on any atom is 0.191 e. The smallest absolute Gasteiger partial charge is 0.191 e. The molecular formula is C14H23IN8. The highest BCUT2D eigenvalue weighted by Gasteiger charge is 2.04. The first-order valence-corrected chi connectivity index (χ1v) is 7.00. The van der Waals surface area contributed by atoms with Crippen LogP contribution in [0.3, 0.4) is 0 Å². The van der Waals surface area contributed by atoms with Crippen LogP contribution in [0.2, 0.25) is 0 Å². The third-order valence-electron chi connectivity index (χ3n) is 3.17. The number of aromatic nitrogens is 4. The molecule has 2 rings (SSSR count). The number of hydrogen-bond donors (Lipinski definition) is 2. The highest BCUT2D eigenvalue weighted by atomic mass is 127. The molecule has 23 heavy (non-hydrogen) atoms. The van der Waals surface area contributed by atoms with Crippen LogP contribution in [-0.4, -0.2) is 46.9 Å². The molecule has 0 radical (unpaired) electrons. The Bertz CT molecular complexity index is 637. The number of anilines is 1. The van der Waals surface area contributed by atoms with Crippen molar-refractivity contribution in [3.63, 3.8) is 0 Å². The van der Waals surface area contributed by atoms with Crippen molar-refractivity contribution >= 4 is 35.8 Å². The summed E-state index contributed by atoms with van der Waals surface area (Å²) in [5.74, 6) is 2.49. The van der Waals surface area contributed by atoms with E-state index in [0.29, 0.717) is 19.0 Å². The molecular weight excluding hydrogens is 407 g/mol. The summed E-state index contributed by atoms with van der Waals surface area (Å²) >= 11 is 0. The first-order valence-electron chi connectivity index (χ1n) is 7.00. The Hall–Kier alpha value is -1.91. The molecule has 0 unspecified atom stereocenters. The van der Waals surface area contributed by atoms with Gasteiger partial charge in [-0.3, -0.25) is 9.67 Å². The van der Waals surface area contributed by atoms with Gasteiger partial charge in [-0.25, -0.2) is 9.97 Å². The van der Waals surface area contributed by atoms with Crippen molar-refractivity contribution in [1.29, 1.82) is 0 Å². The van der Waals surface area contributed by atoms with Gasteiger partial charge < -0.3 is 15.5 Å². The molecule has 2 aromatic heterocycles. The van der Waals surface area contributed by atoms with Crippen LogP contribution >= 0.6 is 24.0 Å². The Morgan fingerprint density at radius 2 is 2.00 bits per heavy atom. The summed E-state index contributed by atoms with van der Waals surface area (Å²) in [5, 5.41) is 10.5. The van der Waals surface area contributed by atoms with Crippen LogP contribution in [0.5, 0.6) is 0 Å². The van der Waals surface area contributed by atoms with Gasteiger partial charge in [0.15, 0.2) is 5.96 Å². The van der Waals surface area contributed by atoms with Crippen molar-refractivity contribution in [2.24, 2.45) is 12.0 Å². The summed E-state index contributed by atoms with van der Waals surface area (Å²) in [6.45, 7) is 1.23. The van der Waals surface area contributed by atoms with Crippen molar-refractivity contribution in [3.05, 3.63) is 36.0 Å². The van der Waals surface area contributed by atoms with E-state index < -0.39 is 0 Å². The summed E-state index contributed by atoms with van der Waals surface area (Å²) < 4.78 is 1.73. The molecule has 2 heterocycles. The minimum atomic E-state index is 0. The van der Waals surface area contributed by atoms with Gasteiger partial charge in [-0.1, -0.05) is 0 Å². The number of hydrogen-bond acceptors (Lipinski definition) is 5. The van der Waals surface area contributed by atoms with Crippen LogP contribution in [0.1, 0.15) is 11.4 Å². The van der Waals surface area contributed by atoms with Crippen molar-refractivity contribution in [2.45, 2.75) is 13.1 Å². The Balaban J connectivity index is 0.00000264. The van der Waals surface area contributed by atoms with Crippen LogP contribution in [-0.2, 0) is 20.1 Å². The minimum absolute atomic E-state index is 0. The lowest BCUT2D eigenvalue weighted by Gasteiger charge is -2.14. The highest BCUT2D eigenvalue weighted by Crippen LogP contribution is 2.09. The lowest BCUT2D eigenvalue weighted by Crippen LogP contribution is -2.37. The van der Waals surface area contributed by atoms with Gasteiger partial charge in [0.25, 0.3) is 0 Å². The molecule has 0 fully saturated rings. The molecule has 0 aliphatic carbocycles. The maximum absolute atomic E-state index is 4.30. The fourth-order valence-electron chi connectivity index (χ4n) is 1.86. The van der Waals surface area contributed by atoms with E-state index in [0.717, 1.165) is 17.2 Å². The number of guanidine groups is 1. The average molecular weight is 430 g/mol. The number of rotatable bonds is 5. The number of aryl methyl sites for hydroxylation is 1. The first kappa shape index (κ1) is 19.1. The second kappa shape index (κ2) is 9.28. The van der Waals surface area contributed by atoms with Gasteiger partial charge in [-0.05, 0) is 17.7 Å². The SMILES string of the molecule is CN=C(NCc1ccnc(N(C)C)c1)NCc1ncnn1C.I. The molecule has 0 aliphatic rings. The molecule has 0 saturated carbocycles. The molecule has 126 valence electrons. The Morgan fingerprint density at radius 1 is 1.26 bits per heavy atom. The van der Waals surface area contributed by atoms with E-state index in [9.17, 15) is 0 Å². The Labute approximate surface area is 153 Å². The molecule has 0 aromatic carbocycles. The molecule has 0 saturated heterocycles. The standard InChI is InChI=1S/C14H22N8.HI/c1-15-14(18-9-13-19-10-20-22(13)4)17-8-11-5-6-16-12(7-11)21(2)3;/h5-7,10H,8-9H2,1-4H3,(H2,15,17,18);1H. The van der Waals surface area contributed by atoms with Crippen molar-refractivity contribution in [2.75, 3.05) is 26.0 Å².